The molecule has 2 N–H and O–H groups in total. The fourth-order valence-electron chi connectivity index (χ4n) is 0.188. The van der Waals surface area contributed by atoms with E-state index in [9.17, 15) is 9.59 Å². The van der Waals surface area contributed by atoms with Gasteiger partial charge in [0.05, 0.1) is 0 Å². The van der Waals surface area contributed by atoms with E-state index in [1.165, 1.54) is 45.2 Å². The molecule has 0 rings (SSSR count). The van der Waals surface area contributed by atoms with Crippen molar-refractivity contribution in [2.24, 2.45) is 0 Å². The maximum absolute atomic E-state index is 10.1. The Morgan fingerprint density at radius 3 is 1.20 bits per heavy atom. The molecule has 0 aromatic rings. The average Bonchev–Trinajstić information content (AvgIpc) is 1.84. The number of hydrogen-bond acceptors (Lipinski definition) is 2. The van der Waals surface area contributed by atoms with Crippen LogP contribution in [0.5, 0.6) is 0 Å². The fourth-order valence-corrected chi connectivity index (χ4v) is 0.649. The minimum atomic E-state index is -1.22. The molecule has 0 saturated carbocycles. The molecule has 0 aromatic heterocycles. The highest BCUT2D eigenvalue weighted by Crippen LogP contribution is 2.18. The topological polar surface area (TPSA) is 74.6 Å². The van der Waals surface area contributed by atoms with Gasteiger partial charge in [-0.05, 0) is 45.2 Å². The molecule has 10 heavy (non-hydrogen) atoms. The second-order valence-corrected chi connectivity index (χ2v) is 3.40. The van der Waals surface area contributed by atoms with Crippen molar-refractivity contribution >= 4 is 57.1 Å². The van der Waals surface area contributed by atoms with Gasteiger partial charge in [0, 0.05) is 0 Å². The summed E-state index contributed by atoms with van der Waals surface area (Å²) in [4.78, 5) is 20.2. The molecule has 0 bridgehead atoms. The molecular formula is C4H2I2O4. The molecule has 0 unspecified atom stereocenters. The lowest BCUT2D eigenvalue weighted by atomic mass is 10.5. The molecule has 0 radical (unpaired) electrons. The van der Waals surface area contributed by atoms with Crippen LogP contribution in [-0.4, -0.2) is 22.2 Å². The van der Waals surface area contributed by atoms with Crippen LogP contribution in [0.25, 0.3) is 0 Å². The van der Waals surface area contributed by atoms with Crippen molar-refractivity contribution in [2.45, 2.75) is 0 Å². The van der Waals surface area contributed by atoms with Crippen molar-refractivity contribution in [3.63, 3.8) is 0 Å². The Labute approximate surface area is 83.6 Å². The lowest BCUT2D eigenvalue weighted by molar-refractivity contribution is -0.134. The first kappa shape index (κ1) is 10.1. The van der Waals surface area contributed by atoms with Crippen LogP contribution >= 0.6 is 45.2 Å². The van der Waals surface area contributed by atoms with Gasteiger partial charge < -0.3 is 10.2 Å². The molecule has 4 nitrogen and oxygen atoms in total. The Bertz CT molecular complexity index is 185. The summed E-state index contributed by atoms with van der Waals surface area (Å²) in [5, 5.41) is 16.5. The predicted octanol–water partition coefficient (Wildman–Crippen LogP) is 1.24. The SMILES string of the molecule is O=C(O)C(I)=C(I)C(=O)O. The van der Waals surface area contributed by atoms with E-state index in [2.05, 4.69) is 0 Å². The van der Waals surface area contributed by atoms with E-state index in [-0.39, 0.29) is 7.16 Å². The predicted molar refractivity (Wildman–Crippen MR) is 50.3 cm³/mol. The molecule has 0 saturated heterocycles. The highest BCUT2D eigenvalue weighted by atomic mass is 127. The molecule has 56 valence electrons. The van der Waals surface area contributed by atoms with E-state index in [1.54, 1.807) is 0 Å². The number of halogens is 2. The van der Waals surface area contributed by atoms with Gasteiger partial charge in [-0.2, -0.15) is 0 Å². The van der Waals surface area contributed by atoms with Crippen molar-refractivity contribution in [3.8, 4) is 0 Å². The van der Waals surface area contributed by atoms with Gasteiger partial charge in [-0.3, -0.25) is 0 Å². The zero-order valence-electron chi connectivity index (χ0n) is 4.47. The molecular weight excluding hydrogens is 366 g/mol. The molecule has 0 aliphatic carbocycles. The standard InChI is InChI=1S/C4H2I2O4/c5-1(3(7)8)2(6)4(9)10/h(H,7,8)(H,9,10). The maximum atomic E-state index is 10.1. The summed E-state index contributed by atoms with van der Waals surface area (Å²) in [7, 11) is 0. The number of carbonyl (C=O) groups is 2. The molecule has 0 spiro atoms. The molecule has 0 aliphatic rings. The molecule has 0 heterocycles. The van der Waals surface area contributed by atoms with E-state index < -0.39 is 11.9 Å². The molecule has 0 amide bonds. The maximum Gasteiger partial charge on any atom is 0.343 e. The Kier molecular flexibility index (Phi) is 4.17. The van der Waals surface area contributed by atoms with Crippen LogP contribution in [0.3, 0.4) is 0 Å². The van der Waals surface area contributed by atoms with Crippen molar-refractivity contribution in [1.29, 1.82) is 0 Å². The van der Waals surface area contributed by atoms with Gasteiger partial charge in [-0.15, -0.1) is 0 Å². The number of hydrogen-bond donors (Lipinski definition) is 2. The Morgan fingerprint density at radius 1 is 0.900 bits per heavy atom. The minimum absolute atomic E-state index is 0.175. The van der Waals surface area contributed by atoms with Crippen LogP contribution in [0, 0.1) is 0 Å². The molecule has 0 aliphatic heterocycles. The smallest absolute Gasteiger partial charge is 0.343 e. The van der Waals surface area contributed by atoms with E-state index in [0.717, 1.165) is 0 Å². The van der Waals surface area contributed by atoms with Gasteiger partial charge in [0.25, 0.3) is 0 Å². The Balaban J connectivity index is 4.67. The van der Waals surface area contributed by atoms with Crippen LogP contribution in [-0.2, 0) is 9.59 Å². The summed E-state index contributed by atoms with van der Waals surface area (Å²) in [6.45, 7) is 0. The normalized spacial score (nSPS) is 12.2. The third-order valence-corrected chi connectivity index (χ3v) is 3.60. The summed E-state index contributed by atoms with van der Waals surface area (Å²) in [5.41, 5.74) is 0. The zero-order valence-corrected chi connectivity index (χ0v) is 8.78. The highest BCUT2D eigenvalue weighted by Gasteiger charge is 2.13. The van der Waals surface area contributed by atoms with Crippen LogP contribution in [0.4, 0.5) is 0 Å². The number of carboxylic acid groups (broad SMARTS) is 2. The molecule has 0 aromatic carbocycles. The van der Waals surface area contributed by atoms with E-state index in [1.807, 2.05) is 0 Å². The second kappa shape index (κ2) is 4.11. The van der Waals surface area contributed by atoms with Crippen LogP contribution in [0.15, 0.2) is 7.16 Å². The number of carboxylic acids is 2. The number of rotatable bonds is 2. The highest BCUT2D eigenvalue weighted by molar-refractivity contribution is 14.1. The average molecular weight is 368 g/mol. The largest absolute Gasteiger partial charge is 0.477 e. The minimum Gasteiger partial charge on any atom is -0.477 e. The van der Waals surface area contributed by atoms with Gasteiger partial charge in [-0.1, -0.05) is 0 Å². The van der Waals surface area contributed by atoms with Gasteiger partial charge in [0.2, 0.25) is 0 Å². The third-order valence-electron chi connectivity index (χ3n) is 0.568. The van der Waals surface area contributed by atoms with E-state index in [4.69, 9.17) is 10.2 Å². The quantitative estimate of drug-likeness (QED) is 0.569. The van der Waals surface area contributed by atoms with Crippen LogP contribution < -0.4 is 0 Å². The lowest BCUT2D eigenvalue weighted by Crippen LogP contribution is -2.02. The van der Waals surface area contributed by atoms with Gasteiger partial charge in [0.1, 0.15) is 7.16 Å². The second-order valence-electron chi connectivity index (χ2n) is 1.24. The van der Waals surface area contributed by atoms with Crippen molar-refractivity contribution < 1.29 is 19.8 Å². The first-order valence-electron chi connectivity index (χ1n) is 1.98. The summed E-state index contributed by atoms with van der Waals surface area (Å²) < 4.78 is -0.351. The van der Waals surface area contributed by atoms with Crippen molar-refractivity contribution in [3.05, 3.63) is 7.16 Å². The summed E-state index contributed by atoms with van der Waals surface area (Å²) in [6.07, 6.45) is 0. The summed E-state index contributed by atoms with van der Waals surface area (Å²) in [6, 6.07) is 0. The van der Waals surface area contributed by atoms with Crippen LogP contribution in [0.1, 0.15) is 0 Å². The molecule has 0 atom stereocenters. The van der Waals surface area contributed by atoms with Gasteiger partial charge >= 0.3 is 11.9 Å². The van der Waals surface area contributed by atoms with E-state index in [0.29, 0.717) is 0 Å². The first-order chi connectivity index (χ1) is 4.46. The summed E-state index contributed by atoms with van der Waals surface area (Å²) >= 11 is 2.93. The third kappa shape index (κ3) is 2.82. The van der Waals surface area contributed by atoms with Crippen LogP contribution in [0.2, 0.25) is 0 Å². The zero-order chi connectivity index (χ0) is 8.31. The Hall–Kier alpha value is 0.140. The number of aliphatic carboxylic acids is 2. The van der Waals surface area contributed by atoms with Crippen molar-refractivity contribution in [2.75, 3.05) is 0 Å². The molecule has 6 heteroatoms. The monoisotopic (exact) mass is 368 g/mol. The van der Waals surface area contributed by atoms with E-state index >= 15 is 0 Å². The van der Waals surface area contributed by atoms with Gasteiger partial charge in [-0.25, -0.2) is 9.59 Å². The van der Waals surface area contributed by atoms with Gasteiger partial charge in [0.15, 0.2) is 0 Å². The summed E-state index contributed by atoms with van der Waals surface area (Å²) in [5.74, 6) is -2.43. The Morgan fingerprint density at radius 2 is 1.10 bits per heavy atom. The molecule has 0 fully saturated rings. The van der Waals surface area contributed by atoms with Crippen molar-refractivity contribution in [1.82, 2.24) is 0 Å². The first-order valence-corrected chi connectivity index (χ1v) is 4.14. The fraction of sp³-hybridized carbons (Fsp3) is 0. The lowest BCUT2D eigenvalue weighted by Gasteiger charge is -1.91.